The number of hydrogen-bond donors (Lipinski definition) is 2. The van der Waals surface area contributed by atoms with Gasteiger partial charge in [0.05, 0.1) is 17.2 Å². The summed E-state index contributed by atoms with van der Waals surface area (Å²) in [7, 11) is 0. The number of piperidine rings is 1. The summed E-state index contributed by atoms with van der Waals surface area (Å²) in [5.74, 6) is 0. The minimum absolute atomic E-state index is 0. The Balaban J connectivity index is 0.00000196. The summed E-state index contributed by atoms with van der Waals surface area (Å²) < 4.78 is 79.3. The van der Waals surface area contributed by atoms with Gasteiger partial charge in [-0.05, 0) is 37.1 Å². The average molecular weight is 432 g/mol. The molecule has 2 unspecified atom stereocenters. The molecule has 28 heavy (non-hydrogen) atoms. The first-order valence-electron chi connectivity index (χ1n) is 8.08. The molecule has 10 heteroatoms. The Hall–Kier alpha value is -0.234. The molecule has 1 aromatic heterocycles. The van der Waals surface area contributed by atoms with E-state index in [0.29, 0.717) is 25.1 Å². The normalized spacial score (nSPS) is 18.9. The predicted octanol–water partition coefficient (Wildman–Crippen LogP) is 1.90. The molecule has 2 N–H and O–H groups in total. The summed E-state index contributed by atoms with van der Waals surface area (Å²) in [5.41, 5.74) is -3.72. The minimum Gasteiger partial charge on any atom is -0.387 e. The van der Waals surface area contributed by atoms with Gasteiger partial charge < -0.3 is 17.8 Å². The largest absolute Gasteiger partial charge is 1.00 e. The van der Waals surface area contributed by atoms with E-state index in [9.17, 15) is 31.4 Å². The van der Waals surface area contributed by atoms with Crippen LogP contribution >= 0.6 is 0 Å². The molecule has 1 fully saturated rings. The molecule has 1 saturated heterocycles. The number of aliphatic hydroxyl groups is 1. The number of aliphatic hydroxyl groups excluding tert-OH is 1. The molecule has 2 heterocycles. The number of rotatable bonds is 2. The van der Waals surface area contributed by atoms with Gasteiger partial charge in [0.25, 0.3) is 0 Å². The van der Waals surface area contributed by atoms with E-state index in [1.807, 2.05) is 0 Å². The maximum atomic E-state index is 13.2. The van der Waals surface area contributed by atoms with Gasteiger partial charge in [-0.25, -0.2) is 4.98 Å². The van der Waals surface area contributed by atoms with E-state index in [2.05, 4.69) is 10.3 Å². The molecule has 0 bridgehead atoms. The Morgan fingerprint density at radius 2 is 1.75 bits per heavy atom. The molecule has 3 nitrogen and oxygen atoms in total. The Labute approximate surface area is 201 Å². The van der Waals surface area contributed by atoms with Crippen molar-refractivity contribution >= 4 is 10.9 Å². The number of nitrogens with zero attached hydrogens (tertiary/aromatic N) is 1. The summed E-state index contributed by atoms with van der Waals surface area (Å²) >= 11 is 0. The van der Waals surface area contributed by atoms with Gasteiger partial charge in [-0.3, -0.25) is 0 Å². The summed E-state index contributed by atoms with van der Waals surface area (Å²) in [4.78, 5) is 3.22. The van der Waals surface area contributed by atoms with Crippen molar-refractivity contribution < 1.29 is 82.8 Å². The van der Waals surface area contributed by atoms with Gasteiger partial charge in [0.2, 0.25) is 0 Å². The first-order valence-corrected chi connectivity index (χ1v) is 8.08. The summed E-state index contributed by atoms with van der Waals surface area (Å²) in [6.07, 6.45) is -9.00. The third-order valence-corrected chi connectivity index (χ3v) is 4.52. The van der Waals surface area contributed by atoms with Crippen molar-refractivity contribution in [1.29, 1.82) is 0 Å². The van der Waals surface area contributed by atoms with E-state index in [1.165, 1.54) is 6.07 Å². The monoisotopic (exact) mass is 432 g/mol. The van der Waals surface area contributed by atoms with Crippen LogP contribution in [0.4, 0.5) is 26.3 Å². The van der Waals surface area contributed by atoms with Crippen molar-refractivity contribution in [3.63, 3.8) is 0 Å². The van der Waals surface area contributed by atoms with Crippen LogP contribution in [0.2, 0.25) is 0 Å². The number of alkyl halides is 6. The molecule has 0 spiro atoms. The number of para-hydroxylation sites is 1. The second-order valence-corrected chi connectivity index (χ2v) is 6.30. The Morgan fingerprint density at radius 1 is 1.07 bits per heavy atom. The van der Waals surface area contributed by atoms with Crippen LogP contribution in [0.15, 0.2) is 24.3 Å². The molecular weight excluding hydrogens is 413 g/mol. The van der Waals surface area contributed by atoms with Crippen LogP contribution in [-0.2, 0) is 12.4 Å². The quantitative estimate of drug-likeness (QED) is 0.433. The number of nitrogens with one attached hydrogen (secondary N) is 1. The minimum atomic E-state index is -4.93. The van der Waals surface area contributed by atoms with Crippen LogP contribution in [-0.4, -0.2) is 22.7 Å². The van der Waals surface area contributed by atoms with Crippen molar-refractivity contribution in [3.8, 4) is 0 Å². The van der Waals surface area contributed by atoms with E-state index in [4.69, 9.17) is 0 Å². The number of hydrogen-bond acceptors (Lipinski definition) is 3. The Bertz CT molecular complexity index is 803. The van der Waals surface area contributed by atoms with Gasteiger partial charge in [0.15, 0.2) is 0 Å². The fourth-order valence-electron chi connectivity index (χ4n) is 3.26. The van der Waals surface area contributed by atoms with Crippen LogP contribution in [0.1, 0.15) is 42.2 Å². The smallest absolute Gasteiger partial charge is 0.387 e. The van der Waals surface area contributed by atoms with Gasteiger partial charge in [-0.2, -0.15) is 26.3 Å². The molecule has 0 radical (unpaired) electrons. The van der Waals surface area contributed by atoms with E-state index >= 15 is 0 Å². The third-order valence-electron chi connectivity index (χ3n) is 4.52. The molecule has 2 atom stereocenters. The molecule has 1 aromatic carbocycles. The van der Waals surface area contributed by atoms with Gasteiger partial charge in [0, 0.05) is 11.4 Å². The Morgan fingerprint density at radius 3 is 2.29 bits per heavy atom. The second kappa shape index (κ2) is 9.72. The zero-order chi connectivity index (χ0) is 19.1. The second-order valence-electron chi connectivity index (χ2n) is 6.30. The summed E-state index contributed by atoms with van der Waals surface area (Å²) in [6.45, 7) is 0.588. The van der Waals surface area contributed by atoms with Gasteiger partial charge in [0.1, 0.15) is 5.69 Å². The molecule has 150 valence electrons. The van der Waals surface area contributed by atoms with Gasteiger partial charge in [-0.1, -0.05) is 18.6 Å². The molecular formula is C18H19F6KN2O. The predicted molar refractivity (Wildman–Crippen MR) is 88.8 cm³/mol. The van der Waals surface area contributed by atoms with Crippen LogP contribution in [0, 0.1) is 7.43 Å². The third kappa shape index (κ3) is 5.47. The van der Waals surface area contributed by atoms with Crippen molar-refractivity contribution in [3.05, 3.63) is 48.5 Å². The molecule has 0 saturated carbocycles. The number of halogens is 6. The van der Waals surface area contributed by atoms with Crippen LogP contribution in [0.25, 0.3) is 10.9 Å². The van der Waals surface area contributed by atoms with Crippen molar-refractivity contribution in [1.82, 2.24) is 10.3 Å². The van der Waals surface area contributed by atoms with E-state index < -0.39 is 41.3 Å². The maximum Gasteiger partial charge on any atom is 1.00 e. The molecule has 3 rings (SSSR count). The summed E-state index contributed by atoms with van der Waals surface area (Å²) in [5, 5.41) is 13.5. The van der Waals surface area contributed by atoms with Gasteiger partial charge >= 0.3 is 63.7 Å². The molecule has 1 aliphatic heterocycles. The molecule has 0 aliphatic carbocycles. The maximum absolute atomic E-state index is 13.2. The van der Waals surface area contributed by atoms with Crippen molar-refractivity contribution in [2.45, 2.75) is 43.8 Å². The van der Waals surface area contributed by atoms with Crippen molar-refractivity contribution in [2.24, 2.45) is 0 Å². The SMILES string of the molecule is OC(c1cc(C(F)(F)F)nc2c(C(F)(F)F)cccc12)C1CCCCN1.[CH3-].[K+]. The first kappa shape index (κ1) is 25.8. The fraction of sp³-hybridized carbons (Fsp3) is 0.444. The van der Waals surface area contributed by atoms with Gasteiger partial charge in [-0.15, -0.1) is 0 Å². The molecule has 0 amide bonds. The van der Waals surface area contributed by atoms with Crippen LogP contribution in [0.5, 0.6) is 0 Å². The Kier molecular flexibility index (Phi) is 8.95. The molecule has 2 aromatic rings. The van der Waals surface area contributed by atoms with Crippen LogP contribution < -0.4 is 56.7 Å². The molecule has 1 aliphatic rings. The number of benzene rings is 1. The number of pyridine rings is 1. The van der Waals surface area contributed by atoms with Crippen LogP contribution in [0.3, 0.4) is 0 Å². The van der Waals surface area contributed by atoms with E-state index in [-0.39, 0.29) is 69.8 Å². The summed E-state index contributed by atoms with van der Waals surface area (Å²) in [6, 6.07) is 3.16. The average Bonchev–Trinajstić information content (AvgIpc) is 2.58. The first-order chi connectivity index (χ1) is 12.1. The fourth-order valence-corrected chi connectivity index (χ4v) is 3.26. The number of aromatic nitrogens is 1. The zero-order valence-corrected chi connectivity index (χ0v) is 18.6. The standard InChI is InChI=1S/C17H16F6N2O.CH3.K/c18-16(19,20)11-5-3-4-9-10(15(26)12-6-1-2-7-24-12)8-13(17(21,22)23)25-14(9)11;;/h3-5,8,12,15,24,26H,1-2,6-7H2;1H3;/q;-1;+1. The van der Waals surface area contributed by atoms with E-state index in [0.717, 1.165) is 18.9 Å². The number of fused-ring (bicyclic) bond motifs is 1. The zero-order valence-electron chi connectivity index (χ0n) is 15.5. The topological polar surface area (TPSA) is 45.2 Å². The van der Waals surface area contributed by atoms with E-state index in [1.54, 1.807) is 0 Å². The van der Waals surface area contributed by atoms with Crippen molar-refractivity contribution in [2.75, 3.05) is 6.54 Å².